The third-order valence-electron chi connectivity index (χ3n) is 4.22. The van der Waals surface area contributed by atoms with Gasteiger partial charge in [-0.25, -0.2) is 8.42 Å². The molecule has 5 nitrogen and oxygen atoms in total. The lowest BCUT2D eigenvalue weighted by Gasteiger charge is -2.28. The molecule has 0 spiro atoms. The zero-order chi connectivity index (χ0) is 22.0. The number of alkyl halides is 3. The van der Waals surface area contributed by atoms with E-state index in [-0.39, 0.29) is 17.8 Å². The number of nitrogens with zero attached hydrogens (tertiary/aromatic N) is 1. The van der Waals surface area contributed by atoms with Crippen molar-refractivity contribution in [1.29, 1.82) is 0 Å². The van der Waals surface area contributed by atoms with Crippen LogP contribution in [0.4, 0.5) is 18.9 Å². The van der Waals surface area contributed by atoms with Gasteiger partial charge in [0, 0.05) is 11.6 Å². The fourth-order valence-electron chi connectivity index (χ4n) is 2.72. The van der Waals surface area contributed by atoms with Crippen LogP contribution in [0.25, 0.3) is 0 Å². The monoisotopic (exact) mass is 448 g/mol. The molecule has 0 unspecified atom stereocenters. The van der Waals surface area contributed by atoms with Crippen molar-refractivity contribution in [3.8, 4) is 0 Å². The molecule has 10 heteroatoms. The molecular formula is C19H20ClF3N2O3S. The first-order chi connectivity index (χ1) is 13.3. The van der Waals surface area contributed by atoms with Crippen molar-refractivity contribution in [2.45, 2.75) is 32.6 Å². The van der Waals surface area contributed by atoms with Crippen molar-refractivity contribution >= 4 is 33.2 Å². The largest absolute Gasteiger partial charge is 0.416 e. The lowest BCUT2D eigenvalue weighted by Crippen LogP contribution is -2.47. The molecule has 1 atom stereocenters. The topological polar surface area (TPSA) is 66.5 Å². The van der Waals surface area contributed by atoms with Gasteiger partial charge in [-0.3, -0.25) is 9.10 Å². The Hall–Kier alpha value is -2.26. The molecule has 0 bridgehead atoms. The molecule has 0 aliphatic heterocycles. The predicted octanol–water partition coefficient (Wildman–Crippen LogP) is 4.14. The van der Waals surface area contributed by atoms with Crippen LogP contribution in [-0.2, 0) is 27.5 Å². The third-order valence-corrected chi connectivity index (χ3v) is 5.87. The molecule has 0 saturated heterocycles. The first kappa shape index (κ1) is 23.0. The standard InChI is InChI=1S/C19H20ClF3N2O3S/c1-12-7-8-16(10-17(12)20)25(29(3,27)28)13(2)18(26)24-11-14-5-4-6-15(9-14)19(21,22)23/h4-10,13H,11H2,1-3H3,(H,24,26)/t13-/m0/s1. The maximum absolute atomic E-state index is 12.8. The summed E-state index contributed by atoms with van der Waals surface area (Å²) in [6.07, 6.45) is -3.54. The molecule has 0 aliphatic rings. The number of carbonyl (C=O) groups excluding carboxylic acids is 1. The van der Waals surface area contributed by atoms with Gasteiger partial charge in [-0.2, -0.15) is 13.2 Å². The highest BCUT2D eigenvalue weighted by molar-refractivity contribution is 7.92. The van der Waals surface area contributed by atoms with E-state index in [0.29, 0.717) is 5.02 Å². The van der Waals surface area contributed by atoms with Crippen LogP contribution in [0.15, 0.2) is 42.5 Å². The molecule has 0 heterocycles. The third kappa shape index (κ3) is 5.86. The van der Waals surface area contributed by atoms with E-state index in [1.54, 1.807) is 13.0 Å². The number of benzene rings is 2. The SMILES string of the molecule is Cc1ccc(N([C@@H](C)C(=O)NCc2cccc(C(F)(F)F)c2)S(C)(=O)=O)cc1Cl. The van der Waals surface area contributed by atoms with E-state index in [4.69, 9.17) is 11.6 Å². The van der Waals surface area contributed by atoms with Gasteiger partial charge in [0.05, 0.1) is 17.5 Å². The first-order valence-electron chi connectivity index (χ1n) is 8.50. The summed E-state index contributed by atoms with van der Waals surface area (Å²) in [5.41, 5.74) is 0.365. The number of hydrogen-bond donors (Lipinski definition) is 1. The number of aryl methyl sites for hydroxylation is 1. The molecule has 29 heavy (non-hydrogen) atoms. The van der Waals surface area contributed by atoms with Crippen LogP contribution < -0.4 is 9.62 Å². The Bertz CT molecular complexity index is 1010. The quantitative estimate of drug-likeness (QED) is 0.722. The van der Waals surface area contributed by atoms with Crippen LogP contribution in [0.5, 0.6) is 0 Å². The van der Waals surface area contributed by atoms with Crippen molar-refractivity contribution in [1.82, 2.24) is 5.32 Å². The minimum Gasteiger partial charge on any atom is -0.350 e. The van der Waals surface area contributed by atoms with Crippen LogP contribution in [0.1, 0.15) is 23.6 Å². The number of rotatable bonds is 6. The summed E-state index contributed by atoms with van der Waals surface area (Å²) in [5.74, 6) is -0.662. The Labute approximate surface area is 172 Å². The van der Waals surface area contributed by atoms with Gasteiger partial charge in [0.25, 0.3) is 0 Å². The molecule has 2 aromatic rings. The van der Waals surface area contributed by atoms with Crippen molar-refractivity contribution in [3.05, 3.63) is 64.2 Å². The maximum Gasteiger partial charge on any atom is 0.416 e. The van der Waals surface area contributed by atoms with Gasteiger partial charge in [0.15, 0.2) is 0 Å². The summed E-state index contributed by atoms with van der Waals surface area (Å²) in [7, 11) is -3.84. The molecule has 0 saturated carbocycles. The Balaban J connectivity index is 2.21. The number of amides is 1. The van der Waals surface area contributed by atoms with Crippen molar-refractivity contribution in [2.24, 2.45) is 0 Å². The molecule has 0 aliphatic carbocycles. The van der Waals surface area contributed by atoms with Crippen LogP contribution in [0.2, 0.25) is 5.02 Å². The lowest BCUT2D eigenvalue weighted by atomic mass is 10.1. The number of carbonyl (C=O) groups is 1. The van der Waals surface area contributed by atoms with Gasteiger partial charge in [0.2, 0.25) is 15.9 Å². The van der Waals surface area contributed by atoms with Gasteiger partial charge >= 0.3 is 6.18 Å². The fraction of sp³-hybridized carbons (Fsp3) is 0.316. The summed E-state index contributed by atoms with van der Waals surface area (Å²) in [4.78, 5) is 12.5. The molecule has 158 valence electrons. The smallest absolute Gasteiger partial charge is 0.350 e. The van der Waals surface area contributed by atoms with Crippen molar-refractivity contribution in [2.75, 3.05) is 10.6 Å². The van der Waals surface area contributed by atoms with Crippen LogP contribution in [0, 0.1) is 6.92 Å². The Morgan fingerprint density at radius 2 is 1.86 bits per heavy atom. The molecule has 0 radical (unpaired) electrons. The molecule has 1 amide bonds. The highest BCUT2D eigenvalue weighted by atomic mass is 35.5. The van der Waals surface area contributed by atoms with E-state index >= 15 is 0 Å². The van der Waals surface area contributed by atoms with E-state index < -0.39 is 33.7 Å². The first-order valence-corrected chi connectivity index (χ1v) is 10.7. The van der Waals surface area contributed by atoms with E-state index in [1.165, 1.54) is 31.2 Å². The minimum absolute atomic E-state index is 0.181. The highest BCUT2D eigenvalue weighted by Crippen LogP contribution is 2.30. The maximum atomic E-state index is 12.8. The van der Waals surface area contributed by atoms with Gasteiger partial charge in [-0.1, -0.05) is 29.8 Å². The molecule has 2 aromatic carbocycles. The van der Waals surface area contributed by atoms with E-state index in [2.05, 4.69) is 5.32 Å². The van der Waals surface area contributed by atoms with Crippen molar-refractivity contribution in [3.63, 3.8) is 0 Å². The summed E-state index contributed by atoms with van der Waals surface area (Å²) < 4.78 is 63.9. The zero-order valence-electron chi connectivity index (χ0n) is 15.9. The van der Waals surface area contributed by atoms with Crippen molar-refractivity contribution < 1.29 is 26.4 Å². The van der Waals surface area contributed by atoms with E-state index in [0.717, 1.165) is 28.3 Å². The molecule has 1 N–H and O–H groups in total. The zero-order valence-corrected chi connectivity index (χ0v) is 17.5. The second-order valence-electron chi connectivity index (χ2n) is 6.58. The number of anilines is 1. The van der Waals surface area contributed by atoms with E-state index in [9.17, 15) is 26.4 Å². The van der Waals surface area contributed by atoms with Gasteiger partial charge in [-0.15, -0.1) is 0 Å². The molecule has 0 fully saturated rings. The summed E-state index contributed by atoms with van der Waals surface area (Å²) in [6, 6.07) is 7.99. The second-order valence-corrected chi connectivity index (χ2v) is 8.85. The van der Waals surface area contributed by atoms with E-state index in [1.807, 2.05) is 0 Å². The molecular weight excluding hydrogens is 429 g/mol. The average molecular weight is 449 g/mol. The Morgan fingerprint density at radius 1 is 1.21 bits per heavy atom. The summed E-state index contributed by atoms with van der Waals surface area (Å²) >= 11 is 6.07. The number of halogens is 4. The lowest BCUT2D eigenvalue weighted by molar-refractivity contribution is -0.137. The number of hydrogen-bond acceptors (Lipinski definition) is 3. The highest BCUT2D eigenvalue weighted by Gasteiger charge is 2.31. The number of sulfonamides is 1. The van der Waals surface area contributed by atoms with Crippen LogP contribution >= 0.6 is 11.6 Å². The average Bonchev–Trinajstić information content (AvgIpc) is 2.61. The summed E-state index contributed by atoms with van der Waals surface area (Å²) in [5, 5.41) is 2.82. The second kappa shape index (κ2) is 8.62. The van der Waals surface area contributed by atoms with Gasteiger partial charge < -0.3 is 5.32 Å². The Kier molecular flexibility index (Phi) is 6.85. The molecule has 2 rings (SSSR count). The number of nitrogens with one attached hydrogen (secondary N) is 1. The normalized spacial score (nSPS) is 13.1. The van der Waals surface area contributed by atoms with Crippen LogP contribution in [0.3, 0.4) is 0 Å². The predicted molar refractivity (Wildman–Crippen MR) is 106 cm³/mol. The molecule has 0 aromatic heterocycles. The minimum atomic E-state index is -4.49. The van der Waals surface area contributed by atoms with Gasteiger partial charge in [0.1, 0.15) is 6.04 Å². The van der Waals surface area contributed by atoms with Gasteiger partial charge in [-0.05, 0) is 49.2 Å². The summed E-state index contributed by atoms with van der Waals surface area (Å²) in [6.45, 7) is 2.96. The van der Waals surface area contributed by atoms with Crippen LogP contribution in [-0.4, -0.2) is 26.6 Å². The fourth-order valence-corrected chi connectivity index (χ4v) is 4.06. The Morgan fingerprint density at radius 3 is 2.41 bits per heavy atom.